The first-order chi connectivity index (χ1) is 8.75. The second-order valence-electron chi connectivity index (χ2n) is 5.84. The first kappa shape index (κ1) is 13.8. The summed E-state index contributed by atoms with van der Waals surface area (Å²) in [5.41, 5.74) is 0. The van der Waals surface area contributed by atoms with Gasteiger partial charge in [-0.15, -0.1) is 0 Å². The van der Waals surface area contributed by atoms with E-state index in [2.05, 4.69) is 17.3 Å². The number of carbonyl (C=O) groups is 1. The van der Waals surface area contributed by atoms with E-state index in [1.54, 1.807) is 0 Å². The molecule has 0 saturated carbocycles. The number of amides is 1. The number of carbonyl (C=O) groups excluding carboxylic acids is 1. The first-order valence-electron chi connectivity index (χ1n) is 7.43. The van der Waals surface area contributed by atoms with Gasteiger partial charge < -0.3 is 15.1 Å². The van der Waals surface area contributed by atoms with Crippen LogP contribution < -0.4 is 5.32 Å². The minimum atomic E-state index is 0.295. The molecule has 1 unspecified atom stereocenters. The predicted octanol–water partition coefficient (Wildman–Crippen LogP) is 0.930. The monoisotopic (exact) mass is 253 g/mol. The Balaban J connectivity index is 1.61. The van der Waals surface area contributed by atoms with Crippen molar-refractivity contribution in [2.24, 2.45) is 5.92 Å². The van der Waals surface area contributed by atoms with E-state index in [1.807, 2.05) is 4.90 Å². The van der Waals surface area contributed by atoms with E-state index in [4.69, 9.17) is 0 Å². The van der Waals surface area contributed by atoms with E-state index < -0.39 is 0 Å². The highest BCUT2D eigenvalue weighted by Gasteiger charge is 2.20. The molecule has 2 heterocycles. The van der Waals surface area contributed by atoms with Crippen LogP contribution in [0, 0.1) is 5.92 Å². The second-order valence-corrected chi connectivity index (χ2v) is 5.84. The van der Waals surface area contributed by atoms with E-state index in [1.165, 1.54) is 45.2 Å². The Labute approximate surface area is 111 Å². The molecule has 18 heavy (non-hydrogen) atoms. The third-order valence-electron chi connectivity index (χ3n) is 4.16. The van der Waals surface area contributed by atoms with Crippen LogP contribution in [0.15, 0.2) is 0 Å². The standard InChI is InChI=1S/C14H27N3O/c1-16-9-6-13(12-16)10-15-11-14(18)17-7-4-2-3-5-8-17/h13,15H,2-12H2,1H3. The maximum Gasteiger partial charge on any atom is 0.236 e. The molecule has 0 spiro atoms. The average Bonchev–Trinajstić information content (AvgIpc) is 2.63. The SMILES string of the molecule is CN1CCC(CNCC(=O)N2CCCCCC2)C1. The van der Waals surface area contributed by atoms with Crippen molar-refractivity contribution in [3.63, 3.8) is 0 Å². The lowest BCUT2D eigenvalue weighted by atomic mass is 10.1. The van der Waals surface area contributed by atoms with Crippen LogP contribution in [-0.2, 0) is 4.79 Å². The lowest BCUT2D eigenvalue weighted by molar-refractivity contribution is -0.130. The lowest BCUT2D eigenvalue weighted by Gasteiger charge is -2.21. The molecular formula is C14H27N3O. The topological polar surface area (TPSA) is 35.6 Å². The quantitative estimate of drug-likeness (QED) is 0.809. The van der Waals surface area contributed by atoms with Gasteiger partial charge in [-0.05, 0) is 45.3 Å². The predicted molar refractivity (Wildman–Crippen MR) is 73.5 cm³/mol. The fourth-order valence-corrected chi connectivity index (χ4v) is 3.01. The number of nitrogens with zero attached hydrogens (tertiary/aromatic N) is 2. The zero-order valence-electron chi connectivity index (χ0n) is 11.7. The molecule has 4 nitrogen and oxygen atoms in total. The second kappa shape index (κ2) is 7.10. The zero-order chi connectivity index (χ0) is 12.8. The van der Waals surface area contributed by atoms with Crippen molar-refractivity contribution in [1.29, 1.82) is 0 Å². The van der Waals surface area contributed by atoms with Gasteiger partial charge in [0.05, 0.1) is 6.54 Å². The van der Waals surface area contributed by atoms with Gasteiger partial charge in [-0.2, -0.15) is 0 Å². The molecule has 104 valence electrons. The summed E-state index contributed by atoms with van der Waals surface area (Å²) >= 11 is 0. The molecule has 2 saturated heterocycles. The highest BCUT2D eigenvalue weighted by molar-refractivity contribution is 5.78. The summed E-state index contributed by atoms with van der Waals surface area (Å²) in [6.45, 7) is 5.82. The van der Waals surface area contributed by atoms with Crippen LogP contribution in [0.4, 0.5) is 0 Å². The van der Waals surface area contributed by atoms with Gasteiger partial charge >= 0.3 is 0 Å². The van der Waals surface area contributed by atoms with Crippen molar-refractivity contribution in [3.8, 4) is 0 Å². The molecule has 0 aromatic heterocycles. The third-order valence-corrected chi connectivity index (χ3v) is 4.16. The zero-order valence-corrected chi connectivity index (χ0v) is 11.7. The number of hydrogen-bond donors (Lipinski definition) is 1. The summed E-state index contributed by atoms with van der Waals surface area (Å²) in [5, 5.41) is 3.35. The van der Waals surface area contributed by atoms with E-state index >= 15 is 0 Å². The summed E-state index contributed by atoms with van der Waals surface area (Å²) in [5.74, 6) is 1.02. The summed E-state index contributed by atoms with van der Waals surface area (Å²) in [6, 6.07) is 0. The molecule has 4 heteroatoms. The Morgan fingerprint density at radius 2 is 1.89 bits per heavy atom. The average molecular weight is 253 g/mol. The number of nitrogens with one attached hydrogen (secondary N) is 1. The summed E-state index contributed by atoms with van der Waals surface area (Å²) in [4.78, 5) is 16.4. The highest BCUT2D eigenvalue weighted by atomic mass is 16.2. The van der Waals surface area contributed by atoms with Crippen molar-refractivity contribution in [3.05, 3.63) is 0 Å². The Morgan fingerprint density at radius 3 is 2.50 bits per heavy atom. The van der Waals surface area contributed by atoms with Crippen LogP contribution in [0.3, 0.4) is 0 Å². The smallest absolute Gasteiger partial charge is 0.236 e. The molecule has 2 aliphatic rings. The van der Waals surface area contributed by atoms with Gasteiger partial charge in [0.15, 0.2) is 0 Å². The third kappa shape index (κ3) is 4.25. The van der Waals surface area contributed by atoms with Crippen LogP contribution in [0.25, 0.3) is 0 Å². The molecule has 2 aliphatic heterocycles. The van der Waals surface area contributed by atoms with Crippen molar-refractivity contribution in [2.45, 2.75) is 32.1 Å². The largest absolute Gasteiger partial charge is 0.342 e. The molecular weight excluding hydrogens is 226 g/mol. The number of rotatable bonds is 4. The summed E-state index contributed by atoms with van der Waals surface area (Å²) in [7, 11) is 2.17. The fraction of sp³-hybridized carbons (Fsp3) is 0.929. The minimum absolute atomic E-state index is 0.295. The van der Waals surface area contributed by atoms with Crippen molar-refractivity contribution in [1.82, 2.24) is 15.1 Å². The normalized spacial score (nSPS) is 26.3. The van der Waals surface area contributed by atoms with Crippen LogP contribution in [0.5, 0.6) is 0 Å². The molecule has 1 amide bonds. The van der Waals surface area contributed by atoms with Crippen molar-refractivity contribution in [2.75, 3.05) is 46.3 Å². The molecule has 1 atom stereocenters. The van der Waals surface area contributed by atoms with Gasteiger partial charge in [-0.25, -0.2) is 0 Å². The first-order valence-corrected chi connectivity index (χ1v) is 7.43. The molecule has 2 fully saturated rings. The Morgan fingerprint density at radius 1 is 1.17 bits per heavy atom. The van der Waals surface area contributed by atoms with Crippen LogP contribution in [0.1, 0.15) is 32.1 Å². The fourth-order valence-electron chi connectivity index (χ4n) is 3.01. The summed E-state index contributed by atoms with van der Waals surface area (Å²) in [6.07, 6.45) is 6.19. The molecule has 2 rings (SSSR count). The molecule has 1 N–H and O–H groups in total. The van der Waals surface area contributed by atoms with Gasteiger partial charge in [0, 0.05) is 19.6 Å². The maximum atomic E-state index is 12.0. The van der Waals surface area contributed by atoms with E-state index in [0.717, 1.165) is 25.6 Å². The van der Waals surface area contributed by atoms with E-state index in [9.17, 15) is 4.79 Å². The van der Waals surface area contributed by atoms with Gasteiger partial charge in [0.1, 0.15) is 0 Å². The molecule has 0 aromatic carbocycles. The van der Waals surface area contributed by atoms with Gasteiger partial charge in [-0.1, -0.05) is 12.8 Å². The maximum absolute atomic E-state index is 12.0. The van der Waals surface area contributed by atoms with Gasteiger partial charge in [-0.3, -0.25) is 4.79 Å². The summed E-state index contributed by atoms with van der Waals surface area (Å²) < 4.78 is 0. The van der Waals surface area contributed by atoms with Gasteiger partial charge in [0.2, 0.25) is 5.91 Å². The van der Waals surface area contributed by atoms with Crippen LogP contribution in [0.2, 0.25) is 0 Å². The Kier molecular flexibility index (Phi) is 5.45. The number of likely N-dealkylation sites (tertiary alicyclic amines) is 2. The van der Waals surface area contributed by atoms with Crippen molar-refractivity contribution >= 4 is 5.91 Å². The van der Waals surface area contributed by atoms with Gasteiger partial charge in [0.25, 0.3) is 0 Å². The Hall–Kier alpha value is -0.610. The lowest BCUT2D eigenvalue weighted by Crippen LogP contribution is -2.40. The van der Waals surface area contributed by atoms with Crippen LogP contribution in [-0.4, -0.2) is 62.0 Å². The van der Waals surface area contributed by atoms with E-state index in [0.29, 0.717) is 12.5 Å². The molecule has 0 aromatic rings. The Bertz CT molecular complexity index is 262. The molecule has 0 aliphatic carbocycles. The van der Waals surface area contributed by atoms with Crippen LogP contribution >= 0.6 is 0 Å². The van der Waals surface area contributed by atoms with E-state index in [-0.39, 0.29) is 0 Å². The van der Waals surface area contributed by atoms with Crippen molar-refractivity contribution < 1.29 is 4.79 Å². The molecule has 0 bridgehead atoms. The number of hydrogen-bond acceptors (Lipinski definition) is 3. The molecule has 0 radical (unpaired) electrons. The highest BCUT2D eigenvalue weighted by Crippen LogP contribution is 2.13. The minimum Gasteiger partial charge on any atom is -0.342 e.